The summed E-state index contributed by atoms with van der Waals surface area (Å²) < 4.78 is 0. The zero-order chi connectivity index (χ0) is 10.0. The minimum atomic E-state index is 0.0651. The van der Waals surface area contributed by atoms with Crippen LogP contribution in [0.1, 0.15) is 0 Å². The highest BCUT2D eigenvalue weighted by atomic mass is 35.5. The normalized spacial score (nSPS) is 18.7. The van der Waals surface area contributed by atoms with Crippen LogP contribution < -0.4 is 11.1 Å². The van der Waals surface area contributed by atoms with Crippen LogP contribution in [0.5, 0.6) is 0 Å². The van der Waals surface area contributed by atoms with Crippen molar-refractivity contribution in [1.29, 1.82) is 0 Å². The predicted octanol–water partition coefficient (Wildman–Crippen LogP) is 2.20. The second-order valence-corrected chi connectivity index (χ2v) is 4.97. The molecule has 76 valence electrons. The second-order valence-electron chi connectivity index (χ2n) is 3.58. The van der Waals surface area contributed by atoms with Crippen molar-refractivity contribution in [3.8, 4) is 0 Å². The first-order valence-electron chi connectivity index (χ1n) is 4.56. The quantitative estimate of drug-likeness (QED) is 0.833. The third-order valence-electron chi connectivity index (χ3n) is 2.42. The molecule has 0 aromatic heterocycles. The number of thioether (sulfide) groups is 1. The van der Waals surface area contributed by atoms with Crippen molar-refractivity contribution in [3.63, 3.8) is 0 Å². The molecule has 0 aliphatic carbocycles. The first kappa shape index (κ1) is 10.1. The van der Waals surface area contributed by atoms with E-state index in [1.54, 1.807) is 0 Å². The highest BCUT2D eigenvalue weighted by molar-refractivity contribution is 8.00. The molecule has 0 radical (unpaired) electrons. The van der Waals surface area contributed by atoms with Gasteiger partial charge in [-0.1, -0.05) is 23.7 Å². The zero-order valence-corrected chi connectivity index (χ0v) is 9.37. The van der Waals surface area contributed by atoms with E-state index in [1.165, 1.54) is 0 Å². The van der Waals surface area contributed by atoms with E-state index in [1.807, 2.05) is 36.0 Å². The maximum absolute atomic E-state index is 6.06. The zero-order valence-electron chi connectivity index (χ0n) is 7.79. The van der Waals surface area contributed by atoms with Gasteiger partial charge in [0.15, 0.2) is 0 Å². The van der Waals surface area contributed by atoms with Crippen molar-refractivity contribution in [2.45, 2.75) is 5.54 Å². The van der Waals surface area contributed by atoms with Crippen LogP contribution in [0.15, 0.2) is 24.3 Å². The lowest BCUT2D eigenvalue weighted by Crippen LogP contribution is -2.56. The molecule has 1 aliphatic rings. The standard InChI is InChI=1S/C10H13ClN2S/c11-8-3-1-2-4-9(8)13-10(5-12)6-14-7-10/h1-4,13H,5-7,12H2. The third-order valence-corrected chi connectivity index (χ3v) is 4.26. The van der Waals surface area contributed by atoms with Gasteiger partial charge in [-0.2, -0.15) is 11.8 Å². The van der Waals surface area contributed by atoms with Crippen molar-refractivity contribution in [2.75, 3.05) is 23.4 Å². The van der Waals surface area contributed by atoms with E-state index in [4.69, 9.17) is 17.3 Å². The summed E-state index contributed by atoms with van der Waals surface area (Å²) in [5, 5.41) is 4.19. The molecular weight excluding hydrogens is 216 g/mol. The molecule has 0 saturated carbocycles. The molecule has 2 nitrogen and oxygen atoms in total. The number of benzene rings is 1. The van der Waals surface area contributed by atoms with Crippen LogP contribution in [0.2, 0.25) is 5.02 Å². The van der Waals surface area contributed by atoms with Crippen LogP contribution >= 0.6 is 23.4 Å². The summed E-state index contributed by atoms with van der Waals surface area (Å²) in [7, 11) is 0. The number of hydrogen-bond acceptors (Lipinski definition) is 3. The monoisotopic (exact) mass is 228 g/mol. The van der Waals surface area contributed by atoms with E-state index in [-0.39, 0.29) is 5.54 Å². The van der Waals surface area contributed by atoms with E-state index < -0.39 is 0 Å². The summed E-state index contributed by atoms with van der Waals surface area (Å²) >= 11 is 7.97. The molecule has 0 spiro atoms. The highest BCUT2D eigenvalue weighted by Crippen LogP contribution is 2.34. The smallest absolute Gasteiger partial charge is 0.0676 e. The summed E-state index contributed by atoms with van der Waals surface area (Å²) in [4.78, 5) is 0. The van der Waals surface area contributed by atoms with Gasteiger partial charge in [0.1, 0.15) is 0 Å². The third kappa shape index (κ3) is 1.85. The molecule has 2 rings (SSSR count). The number of rotatable bonds is 3. The van der Waals surface area contributed by atoms with Gasteiger partial charge in [-0.25, -0.2) is 0 Å². The molecule has 4 heteroatoms. The minimum absolute atomic E-state index is 0.0651. The summed E-state index contributed by atoms with van der Waals surface area (Å²) in [5.41, 5.74) is 6.80. The van der Waals surface area contributed by atoms with Gasteiger partial charge < -0.3 is 11.1 Å². The van der Waals surface area contributed by atoms with Gasteiger partial charge in [0, 0.05) is 18.1 Å². The average Bonchev–Trinajstić information content (AvgIpc) is 2.14. The molecule has 1 aromatic rings. The van der Waals surface area contributed by atoms with E-state index in [9.17, 15) is 0 Å². The van der Waals surface area contributed by atoms with Crippen molar-refractivity contribution in [2.24, 2.45) is 5.73 Å². The summed E-state index contributed by atoms with van der Waals surface area (Å²) in [6.07, 6.45) is 0. The molecule has 1 heterocycles. The first-order chi connectivity index (χ1) is 6.76. The fourth-order valence-corrected chi connectivity index (χ4v) is 2.70. The van der Waals surface area contributed by atoms with Crippen LogP contribution in [0.3, 0.4) is 0 Å². The van der Waals surface area contributed by atoms with Crippen molar-refractivity contribution < 1.29 is 0 Å². The van der Waals surface area contributed by atoms with E-state index in [0.717, 1.165) is 22.2 Å². The molecule has 1 aromatic carbocycles. The minimum Gasteiger partial charge on any atom is -0.375 e. The van der Waals surface area contributed by atoms with Crippen molar-refractivity contribution in [3.05, 3.63) is 29.3 Å². The van der Waals surface area contributed by atoms with Gasteiger partial charge in [-0.15, -0.1) is 0 Å². The van der Waals surface area contributed by atoms with Gasteiger partial charge in [0.05, 0.1) is 16.2 Å². The Balaban J connectivity index is 2.13. The number of nitrogens with two attached hydrogens (primary N) is 1. The fraction of sp³-hybridized carbons (Fsp3) is 0.400. The Bertz CT molecular complexity index is 320. The lowest BCUT2D eigenvalue weighted by atomic mass is 10.0. The summed E-state index contributed by atoms with van der Waals surface area (Å²) in [6.45, 7) is 0.658. The second kappa shape index (κ2) is 4.01. The van der Waals surface area contributed by atoms with Crippen LogP contribution in [-0.4, -0.2) is 23.6 Å². The summed E-state index contributed by atoms with van der Waals surface area (Å²) in [6, 6.07) is 7.78. The molecule has 14 heavy (non-hydrogen) atoms. The largest absolute Gasteiger partial charge is 0.375 e. The van der Waals surface area contributed by atoms with Crippen LogP contribution in [0.25, 0.3) is 0 Å². The predicted molar refractivity (Wildman–Crippen MR) is 64.2 cm³/mol. The maximum atomic E-state index is 6.06. The topological polar surface area (TPSA) is 38.0 Å². The number of nitrogens with one attached hydrogen (secondary N) is 1. The Labute approximate surface area is 93.2 Å². The molecule has 0 amide bonds. The van der Waals surface area contributed by atoms with Crippen molar-refractivity contribution in [1.82, 2.24) is 0 Å². The lowest BCUT2D eigenvalue weighted by molar-refractivity contribution is 0.572. The molecule has 3 N–H and O–H groups in total. The Kier molecular flexibility index (Phi) is 2.91. The van der Waals surface area contributed by atoms with Crippen LogP contribution in [0, 0.1) is 0 Å². The van der Waals surface area contributed by atoms with Gasteiger partial charge in [0.25, 0.3) is 0 Å². The van der Waals surface area contributed by atoms with Crippen LogP contribution in [0.4, 0.5) is 5.69 Å². The number of hydrogen-bond donors (Lipinski definition) is 2. The van der Waals surface area contributed by atoms with Crippen LogP contribution in [-0.2, 0) is 0 Å². The number of halogens is 1. The summed E-state index contributed by atoms with van der Waals surface area (Å²) in [5.74, 6) is 2.13. The molecule has 1 fully saturated rings. The highest BCUT2D eigenvalue weighted by Gasteiger charge is 2.36. The number of anilines is 1. The van der Waals surface area contributed by atoms with E-state index in [2.05, 4.69) is 5.32 Å². The molecule has 1 aliphatic heterocycles. The lowest BCUT2D eigenvalue weighted by Gasteiger charge is -2.41. The van der Waals surface area contributed by atoms with Gasteiger partial charge >= 0.3 is 0 Å². The van der Waals surface area contributed by atoms with Gasteiger partial charge in [-0.05, 0) is 12.1 Å². The first-order valence-corrected chi connectivity index (χ1v) is 6.10. The average molecular weight is 229 g/mol. The molecule has 0 atom stereocenters. The van der Waals surface area contributed by atoms with E-state index >= 15 is 0 Å². The molecule has 0 bridgehead atoms. The maximum Gasteiger partial charge on any atom is 0.0676 e. The Morgan fingerprint density at radius 1 is 1.43 bits per heavy atom. The van der Waals surface area contributed by atoms with Gasteiger partial charge in [0.2, 0.25) is 0 Å². The Morgan fingerprint density at radius 3 is 2.64 bits per heavy atom. The molecule has 0 unspecified atom stereocenters. The fourth-order valence-electron chi connectivity index (χ4n) is 1.44. The van der Waals surface area contributed by atoms with Gasteiger partial charge in [-0.3, -0.25) is 0 Å². The Hall–Kier alpha value is -0.380. The molecule has 1 saturated heterocycles. The van der Waals surface area contributed by atoms with Crippen molar-refractivity contribution >= 4 is 29.1 Å². The van der Waals surface area contributed by atoms with E-state index in [0.29, 0.717) is 6.54 Å². The number of para-hydroxylation sites is 1. The Morgan fingerprint density at radius 2 is 2.14 bits per heavy atom. The SMILES string of the molecule is NCC1(Nc2ccccc2Cl)CSC1. The molecular formula is C10H13ClN2S.